The fourth-order valence-corrected chi connectivity index (χ4v) is 5.85. The first kappa shape index (κ1) is 20.3. The average molecular weight is 451 g/mol. The van der Waals surface area contributed by atoms with Crippen LogP contribution in [0.5, 0.6) is 0 Å². The fourth-order valence-electron chi connectivity index (χ4n) is 5.85. The SMILES string of the molecule is CC(C)c1ccc2cc3c(cc2c1)c1cc(C#N)cc2c4cc5cc(C(C)C)ccc5cc4n3c12. The Bertz CT molecular complexity index is 1880. The van der Waals surface area contributed by atoms with Gasteiger partial charge in [0.1, 0.15) is 0 Å². The number of fused-ring (bicyclic) bond motifs is 8. The summed E-state index contributed by atoms with van der Waals surface area (Å²) in [5.74, 6) is 0.979. The van der Waals surface area contributed by atoms with Crippen molar-refractivity contribution >= 4 is 59.6 Å². The largest absolute Gasteiger partial charge is 0.308 e. The number of hydrogen-bond donors (Lipinski definition) is 0. The zero-order valence-corrected chi connectivity index (χ0v) is 20.5. The van der Waals surface area contributed by atoms with Crippen molar-refractivity contribution in [2.45, 2.75) is 39.5 Å². The van der Waals surface area contributed by atoms with E-state index >= 15 is 0 Å². The Morgan fingerprint density at radius 3 is 1.49 bits per heavy atom. The molecule has 0 N–H and O–H groups in total. The predicted octanol–water partition coefficient (Wildman–Crippen LogP) is 9.26. The Hall–Kier alpha value is -4.09. The molecular weight excluding hydrogens is 424 g/mol. The molecule has 0 radical (unpaired) electrons. The molecule has 2 heterocycles. The lowest BCUT2D eigenvalue weighted by molar-refractivity contribution is 0.869. The second kappa shape index (κ2) is 6.96. The Labute approximate surface area is 204 Å². The minimum atomic E-state index is 0.489. The van der Waals surface area contributed by atoms with E-state index in [4.69, 9.17) is 0 Å². The fraction of sp³-hybridized carbons (Fsp3) is 0.182. The summed E-state index contributed by atoms with van der Waals surface area (Å²) in [6.07, 6.45) is 0. The van der Waals surface area contributed by atoms with Crippen LogP contribution >= 0.6 is 0 Å². The first-order chi connectivity index (χ1) is 16.9. The van der Waals surface area contributed by atoms with Gasteiger partial charge in [-0.25, -0.2) is 0 Å². The molecule has 7 aromatic rings. The van der Waals surface area contributed by atoms with E-state index in [9.17, 15) is 5.26 Å². The van der Waals surface area contributed by atoms with Crippen LogP contribution in [0.25, 0.3) is 59.6 Å². The molecule has 0 saturated carbocycles. The molecule has 5 aromatic carbocycles. The number of rotatable bonds is 2. The summed E-state index contributed by atoms with van der Waals surface area (Å²) >= 11 is 0. The quantitative estimate of drug-likeness (QED) is 0.258. The van der Waals surface area contributed by atoms with Gasteiger partial charge in [0.2, 0.25) is 0 Å². The van der Waals surface area contributed by atoms with Crippen LogP contribution in [0.2, 0.25) is 0 Å². The van der Waals surface area contributed by atoms with Gasteiger partial charge < -0.3 is 4.40 Å². The average Bonchev–Trinajstić information content (AvgIpc) is 3.35. The minimum absolute atomic E-state index is 0.489. The van der Waals surface area contributed by atoms with Gasteiger partial charge in [-0.2, -0.15) is 5.26 Å². The number of nitriles is 1. The smallest absolute Gasteiger partial charge is 0.0992 e. The Balaban J connectivity index is 1.67. The molecule has 2 nitrogen and oxygen atoms in total. The third kappa shape index (κ3) is 2.76. The molecule has 0 aliphatic carbocycles. The van der Waals surface area contributed by atoms with Gasteiger partial charge in [-0.05, 0) is 80.9 Å². The van der Waals surface area contributed by atoms with Gasteiger partial charge in [-0.1, -0.05) is 64.1 Å². The van der Waals surface area contributed by atoms with Gasteiger partial charge in [0.25, 0.3) is 0 Å². The molecule has 0 fully saturated rings. The molecule has 0 amide bonds. The lowest BCUT2D eigenvalue weighted by Gasteiger charge is -2.09. The zero-order valence-electron chi connectivity index (χ0n) is 20.5. The summed E-state index contributed by atoms with van der Waals surface area (Å²) in [5, 5.41) is 19.6. The van der Waals surface area contributed by atoms with Gasteiger partial charge in [-0.3, -0.25) is 0 Å². The Morgan fingerprint density at radius 1 is 0.571 bits per heavy atom. The van der Waals surface area contributed by atoms with E-state index < -0.39 is 0 Å². The van der Waals surface area contributed by atoms with Crippen molar-refractivity contribution in [2.75, 3.05) is 0 Å². The summed E-state index contributed by atoms with van der Waals surface area (Å²) in [6, 6.07) is 29.5. The maximum Gasteiger partial charge on any atom is 0.0992 e. The minimum Gasteiger partial charge on any atom is -0.308 e. The highest BCUT2D eigenvalue weighted by Crippen LogP contribution is 2.42. The number of aromatic nitrogens is 1. The monoisotopic (exact) mass is 450 g/mol. The highest BCUT2D eigenvalue weighted by molar-refractivity contribution is 6.26. The normalized spacial score (nSPS) is 12.5. The third-order valence-electron chi connectivity index (χ3n) is 7.82. The maximum atomic E-state index is 9.87. The van der Waals surface area contributed by atoms with Crippen molar-refractivity contribution in [1.29, 1.82) is 5.26 Å². The summed E-state index contributed by atoms with van der Waals surface area (Å²) < 4.78 is 2.42. The lowest BCUT2D eigenvalue weighted by Crippen LogP contribution is -1.88. The van der Waals surface area contributed by atoms with Crippen LogP contribution in [0.15, 0.2) is 72.8 Å². The molecule has 0 unspecified atom stereocenters. The predicted molar refractivity (Wildman–Crippen MR) is 149 cm³/mol. The van der Waals surface area contributed by atoms with Crippen LogP contribution in [0.1, 0.15) is 56.2 Å². The van der Waals surface area contributed by atoms with Crippen LogP contribution in [-0.4, -0.2) is 4.40 Å². The molecule has 0 saturated heterocycles. The summed E-state index contributed by atoms with van der Waals surface area (Å²) in [7, 11) is 0. The van der Waals surface area contributed by atoms with Gasteiger partial charge in [-0.15, -0.1) is 0 Å². The van der Waals surface area contributed by atoms with Gasteiger partial charge >= 0.3 is 0 Å². The Morgan fingerprint density at radius 2 is 1.06 bits per heavy atom. The molecule has 0 bridgehead atoms. The van der Waals surface area contributed by atoms with E-state index in [1.54, 1.807) is 0 Å². The highest BCUT2D eigenvalue weighted by atomic mass is 14.9. The molecule has 168 valence electrons. The first-order valence-electron chi connectivity index (χ1n) is 12.5. The van der Waals surface area contributed by atoms with Crippen LogP contribution in [0.4, 0.5) is 0 Å². The summed E-state index contributed by atoms with van der Waals surface area (Å²) in [4.78, 5) is 0. The van der Waals surface area contributed by atoms with Gasteiger partial charge in [0, 0.05) is 21.5 Å². The number of benzene rings is 5. The number of nitrogens with zero attached hydrogens (tertiary/aromatic N) is 2. The zero-order chi connectivity index (χ0) is 24.0. The van der Waals surface area contributed by atoms with Crippen LogP contribution in [-0.2, 0) is 0 Å². The van der Waals surface area contributed by atoms with Crippen molar-refractivity contribution in [2.24, 2.45) is 0 Å². The molecule has 7 rings (SSSR count). The molecule has 0 aliphatic heterocycles. The van der Waals surface area contributed by atoms with Gasteiger partial charge in [0.15, 0.2) is 0 Å². The second-order valence-electron chi connectivity index (χ2n) is 10.6. The van der Waals surface area contributed by atoms with Crippen LogP contribution < -0.4 is 0 Å². The second-order valence-corrected chi connectivity index (χ2v) is 10.6. The van der Waals surface area contributed by atoms with E-state index in [1.165, 1.54) is 60.0 Å². The maximum absolute atomic E-state index is 9.87. The van der Waals surface area contributed by atoms with Crippen molar-refractivity contribution in [3.63, 3.8) is 0 Å². The van der Waals surface area contributed by atoms with Crippen LogP contribution in [0.3, 0.4) is 0 Å². The van der Waals surface area contributed by atoms with E-state index in [0.717, 1.165) is 10.8 Å². The van der Waals surface area contributed by atoms with Crippen molar-refractivity contribution < 1.29 is 0 Å². The highest BCUT2D eigenvalue weighted by Gasteiger charge is 2.20. The molecule has 2 aromatic heterocycles. The molecule has 2 heteroatoms. The van der Waals surface area contributed by atoms with E-state index in [1.807, 2.05) is 0 Å². The number of hydrogen-bond acceptors (Lipinski definition) is 1. The van der Waals surface area contributed by atoms with E-state index in [2.05, 4.69) is 111 Å². The topological polar surface area (TPSA) is 28.2 Å². The van der Waals surface area contributed by atoms with E-state index in [-0.39, 0.29) is 0 Å². The lowest BCUT2D eigenvalue weighted by atomic mass is 9.96. The van der Waals surface area contributed by atoms with Crippen molar-refractivity contribution in [3.05, 3.63) is 89.5 Å². The first-order valence-corrected chi connectivity index (χ1v) is 12.5. The summed E-state index contributed by atoms with van der Waals surface area (Å²) in [6.45, 7) is 8.95. The van der Waals surface area contributed by atoms with Crippen molar-refractivity contribution in [3.8, 4) is 6.07 Å². The Kier molecular flexibility index (Phi) is 4.04. The molecule has 0 aliphatic rings. The molecule has 35 heavy (non-hydrogen) atoms. The third-order valence-corrected chi connectivity index (χ3v) is 7.82. The van der Waals surface area contributed by atoms with Crippen molar-refractivity contribution in [1.82, 2.24) is 4.40 Å². The standard InChI is InChI=1S/C33H26N2/c1-18(2)21-5-7-23-15-31-27(13-25(23)11-21)29-9-20(17-34)10-30-28-14-26-12-22(19(3)4)6-8-24(26)16-32(28)35(31)33(29)30/h5-16,18-19H,1-4H3. The molecule has 0 atom stereocenters. The molecular formula is C33H26N2. The van der Waals surface area contributed by atoms with E-state index in [0.29, 0.717) is 17.4 Å². The van der Waals surface area contributed by atoms with Gasteiger partial charge in [0.05, 0.1) is 28.2 Å². The summed E-state index contributed by atoms with van der Waals surface area (Å²) in [5.41, 5.74) is 7.04. The molecule has 0 spiro atoms. The van der Waals surface area contributed by atoms with Crippen LogP contribution in [0, 0.1) is 11.3 Å².